The summed E-state index contributed by atoms with van der Waals surface area (Å²) in [4.78, 5) is 0. The van der Waals surface area contributed by atoms with Crippen LogP contribution in [0.15, 0.2) is 22.7 Å². The lowest BCUT2D eigenvalue weighted by molar-refractivity contribution is -0.0287. The molecule has 1 aliphatic carbocycles. The maximum atomic E-state index is 6.42. The Kier molecular flexibility index (Phi) is 3.38. The molecule has 1 spiro atoms. The molecule has 1 saturated carbocycles. The van der Waals surface area contributed by atoms with Gasteiger partial charge >= 0.3 is 0 Å². The highest BCUT2D eigenvalue weighted by Crippen LogP contribution is 2.48. The molecule has 0 bridgehead atoms. The first-order valence-corrected chi connectivity index (χ1v) is 8.02. The number of halogens is 1. The van der Waals surface area contributed by atoms with E-state index in [-0.39, 0.29) is 11.6 Å². The Morgan fingerprint density at radius 1 is 1.26 bits per heavy atom. The van der Waals surface area contributed by atoms with Gasteiger partial charge < -0.3 is 10.5 Å². The number of ether oxygens (including phenoxy) is 1. The summed E-state index contributed by atoms with van der Waals surface area (Å²) in [5.74, 6) is 2.50. The molecule has 1 aromatic carbocycles. The minimum Gasteiger partial charge on any atom is -0.487 e. The smallest absolute Gasteiger partial charge is 0.126 e. The largest absolute Gasteiger partial charge is 0.487 e. The Labute approximate surface area is 123 Å². The summed E-state index contributed by atoms with van der Waals surface area (Å²) in [6, 6.07) is 6.31. The molecule has 2 nitrogen and oxygen atoms in total. The molecule has 1 heterocycles. The molecule has 3 heteroatoms. The van der Waals surface area contributed by atoms with Crippen molar-refractivity contribution in [2.45, 2.75) is 51.2 Å². The van der Waals surface area contributed by atoms with Gasteiger partial charge in [-0.3, -0.25) is 0 Å². The number of fused-ring (bicyclic) bond motifs is 1. The van der Waals surface area contributed by atoms with Crippen LogP contribution in [0, 0.1) is 11.8 Å². The van der Waals surface area contributed by atoms with E-state index >= 15 is 0 Å². The van der Waals surface area contributed by atoms with Crippen molar-refractivity contribution in [2.75, 3.05) is 0 Å². The third kappa shape index (κ3) is 2.43. The molecule has 1 aromatic rings. The summed E-state index contributed by atoms with van der Waals surface area (Å²) < 4.78 is 7.48. The lowest BCUT2D eigenvalue weighted by Gasteiger charge is -2.47. The second kappa shape index (κ2) is 4.78. The number of nitrogens with two attached hydrogens (primary N) is 1. The van der Waals surface area contributed by atoms with Crippen molar-refractivity contribution >= 4 is 15.9 Å². The first kappa shape index (κ1) is 13.4. The molecule has 0 amide bonds. The predicted molar refractivity (Wildman–Crippen MR) is 81.2 cm³/mol. The van der Waals surface area contributed by atoms with Gasteiger partial charge in [0, 0.05) is 22.5 Å². The quantitative estimate of drug-likeness (QED) is 0.766. The third-order valence-electron chi connectivity index (χ3n) is 5.01. The van der Waals surface area contributed by atoms with Crippen LogP contribution in [0.2, 0.25) is 0 Å². The van der Waals surface area contributed by atoms with Gasteiger partial charge in [0.1, 0.15) is 11.4 Å². The summed E-state index contributed by atoms with van der Waals surface area (Å²) in [5.41, 5.74) is 7.51. The lowest BCUT2D eigenvalue weighted by atomic mass is 9.69. The maximum Gasteiger partial charge on any atom is 0.126 e. The first-order valence-electron chi connectivity index (χ1n) is 7.23. The van der Waals surface area contributed by atoms with Crippen LogP contribution in [-0.2, 0) is 0 Å². The van der Waals surface area contributed by atoms with Crippen molar-refractivity contribution in [2.24, 2.45) is 17.6 Å². The van der Waals surface area contributed by atoms with E-state index in [2.05, 4.69) is 41.9 Å². The van der Waals surface area contributed by atoms with Gasteiger partial charge in [-0.15, -0.1) is 0 Å². The van der Waals surface area contributed by atoms with Gasteiger partial charge in [0.25, 0.3) is 0 Å². The molecule has 4 atom stereocenters. The molecule has 2 aliphatic rings. The summed E-state index contributed by atoms with van der Waals surface area (Å²) in [6.07, 6.45) is 4.47. The Bertz CT molecular complexity index is 490. The van der Waals surface area contributed by atoms with Crippen molar-refractivity contribution in [3.63, 3.8) is 0 Å². The topological polar surface area (TPSA) is 35.2 Å². The molecule has 1 aliphatic heterocycles. The fraction of sp³-hybridized carbons (Fsp3) is 0.625. The standard InChI is InChI=1S/C16H22BrNO/c1-10-5-6-16(8-11(10)2)9-14(18)13-4-3-12(17)7-15(13)19-16/h3-4,7,10-11,14H,5-6,8-9,18H2,1-2H3/t10?,11?,14-,16?/m0/s1. The van der Waals surface area contributed by atoms with Gasteiger partial charge in [0.2, 0.25) is 0 Å². The molecule has 104 valence electrons. The molecule has 19 heavy (non-hydrogen) atoms. The van der Waals surface area contributed by atoms with E-state index in [1.54, 1.807) is 0 Å². The minimum atomic E-state index is -0.0286. The molecule has 0 saturated heterocycles. The molecule has 1 fully saturated rings. The zero-order chi connectivity index (χ0) is 13.6. The molecule has 2 N–H and O–H groups in total. The van der Waals surface area contributed by atoms with Crippen molar-refractivity contribution < 1.29 is 4.74 Å². The van der Waals surface area contributed by atoms with E-state index in [4.69, 9.17) is 10.5 Å². The second-order valence-corrected chi connectivity index (χ2v) is 7.39. The Balaban J connectivity index is 1.91. The minimum absolute atomic E-state index is 0.0286. The molecular formula is C16H22BrNO. The SMILES string of the molecule is CC1CCC2(CC1C)C[C@H](N)c1ccc(Br)cc1O2. The van der Waals surface area contributed by atoms with E-state index in [1.165, 1.54) is 6.42 Å². The number of rotatable bonds is 0. The van der Waals surface area contributed by atoms with E-state index < -0.39 is 0 Å². The highest BCUT2D eigenvalue weighted by molar-refractivity contribution is 9.10. The monoisotopic (exact) mass is 323 g/mol. The molecule has 3 rings (SSSR count). The van der Waals surface area contributed by atoms with Gasteiger partial charge in [0.15, 0.2) is 0 Å². The Morgan fingerprint density at radius 3 is 2.79 bits per heavy atom. The summed E-state index contributed by atoms with van der Waals surface area (Å²) in [6.45, 7) is 4.70. The van der Waals surface area contributed by atoms with E-state index in [0.717, 1.165) is 46.9 Å². The van der Waals surface area contributed by atoms with Crippen LogP contribution in [0.4, 0.5) is 0 Å². The summed E-state index contributed by atoms with van der Waals surface area (Å²) in [7, 11) is 0. The first-order chi connectivity index (χ1) is 8.99. The highest BCUT2D eigenvalue weighted by Gasteiger charge is 2.44. The van der Waals surface area contributed by atoms with Crippen LogP contribution in [0.5, 0.6) is 5.75 Å². The zero-order valence-corrected chi connectivity index (χ0v) is 13.2. The Morgan fingerprint density at radius 2 is 2.05 bits per heavy atom. The maximum absolute atomic E-state index is 6.42. The van der Waals surface area contributed by atoms with Crippen LogP contribution >= 0.6 is 15.9 Å². The normalized spacial score (nSPS) is 37.8. The summed E-state index contributed by atoms with van der Waals surface area (Å²) >= 11 is 3.52. The van der Waals surface area contributed by atoms with E-state index in [9.17, 15) is 0 Å². The van der Waals surface area contributed by atoms with Gasteiger partial charge in [-0.2, -0.15) is 0 Å². The molecule has 3 unspecified atom stereocenters. The van der Waals surface area contributed by atoms with Crippen LogP contribution in [0.1, 0.15) is 51.1 Å². The van der Waals surface area contributed by atoms with E-state index in [1.807, 2.05) is 6.07 Å². The number of hydrogen-bond acceptors (Lipinski definition) is 2. The van der Waals surface area contributed by atoms with Gasteiger partial charge in [-0.25, -0.2) is 0 Å². The fourth-order valence-corrected chi connectivity index (χ4v) is 3.97. The van der Waals surface area contributed by atoms with Crippen LogP contribution in [0.25, 0.3) is 0 Å². The highest BCUT2D eigenvalue weighted by atomic mass is 79.9. The molecular weight excluding hydrogens is 302 g/mol. The fourth-order valence-electron chi connectivity index (χ4n) is 3.63. The van der Waals surface area contributed by atoms with Gasteiger partial charge in [0.05, 0.1) is 0 Å². The van der Waals surface area contributed by atoms with Gasteiger partial charge in [-0.1, -0.05) is 35.8 Å². The van der Waals surface area contributed by atoms with Crippen LogP contribution in [0.3, 0.4) is 0 Å². The van der Waals surface area contributed by atoms with Gasteiger partial charge in [-0.05, 0) is 43.2 Å². The Hall–Kier alpha value is -0.540. The van der Waals surface area contributed by atoms with Crippen LogP contribution in [-0.4, -0.2) is 5.60 Å². The van der Waals surface area contributed by atoms with Crippen molar-refractivity contribution in [3.8, 4) is 5.75 Å². The summed E-state index contributed by atoms with van der Waals surface area (Å²) in [5, 5.41) is 0. The molecule has 0 aromatic heterocycles. The second-order valence-electron chi connectivity index (χ2n) is 6.48. The lowest BCUT2D eigenvalue weighted by Crippen LogP contribution is -2.47. The predicted octanol–water partition coefficient (Wildman–Crippen LogP) is 4.43. The average molecular weight is 324 g/mol. The van der Waals surface area contributed by atoms with E-state index in [0.29, 0.717) is 0 Å². The molecule has 0 radical (unpaired) electrons. The van der Waals surface area contributed by atoms with Crippen LogP contribution < -0.4 is 10.5 Å². The van der Waals surface area contributed by atoms with Crippen molar-refractivity contribution in [1.29, 1.82) is 0 Å². The number of benzene rings is 1. The van der Waals surface area contributed by atoms with Crippen molar-refractivity contribution in [3.05, 3.63) is 28.2 Å². The average Bonchev–Trinajstić information content (AvgIpc) is 2.34. The third-order valence-corrected chi connectivity index (χ3v) is 5.51. The van der Waals surface area contributed by atoms with Crippen molar-refractivity contribution in [1.82, 2.24) is 0 Å². The number of hydrogen-bond donors (Lipinski definition) is 1. The zero-order valence-electron chi connectivity index (χ0n) is 11.7.